The van der Waals surface area contributed by atoms with Crippen molar-refractivity contribution in [2.75, 3.05) is 27.3 Å². The fraction of sp³-hybridized carbons (Fsp3) is 0.513. The Kier molecular flexibility index (Phi) is 24.3. The first kappa shape index (κ1) is 67.7. The van der Waals surface area contributed by atoms with Gasteiger partial charge in [-0.15, -0.1) is 0 Å². The average Bonchev–Trinajstić information content (AvgIpc) is 2.66. The van der Waals surface area contributed by atoms with Gasteiger partial charge >= 0.3 is 11.9 Å². The number of ether oxygens (including phenoxy) is 4. The lowest BCUT2D eigenvalue weighted by atomic mass is 9.82. The smallest absolute Gasteiger partial charge is 0.306 e. The molecule has 2 aromatic heterocycles. The number of rotatable bonds is 20. The second kappa shape index (κ2) is 32.0. The molecule has 476 valence electrons. The molecule has 12 rings (SSSR count). The van der Waals surface area contributed by atoms with E-state index in [1.54, 1.807) is 20.4 Å². The molecule has 6 aromatic rings. The highest BCUT2D eigenvalue weighted by atomic mass is 16.5. The molecule has 89 heavy (non-hydrogen) atoms. The fourth-order valence-electron chi connectivity index (χ4n) is 14.2. The molecule has 2 bridgehead atoms. The molecular weight excluding hydrogens is 1110 g/mol. The van der Waals surface area contributed by atoms with Gasteiger partial charge < -0.3 is 29.2 Å². The van der Waals surface area contributed by atoms with Crippen LogP contribution in [0.1, 0.15) is 214 Å². The first-order valence-electron chi connectivity index (χ1n) is 33.6. The summed E-state index contributed by atoms with van der Waals surface area (Å²) in [6.07, 6.45) is 17.9. The van der Waals surface area contributed by atoms with Crippen molar-refractivity contribution in [2.24, 2.45) is 23.7 Å². The Labute approximate surface area is 531 Å². The maximum atomic E-state index is 11.9. The van der Waals surface area contributed by atoms with E-state index in [2.05, 4.69) is 119 Å². The van der Waals surface area contributed by atoms with Gasteiger partial charge in [-0.05, 0) is 193 Å². The van der Waals surface area contributed by atoms with E-state index in [0.717, 1.165) is 128 Å². The molecule has 4 aliphatic heterocycles. The van der Waals surface area contributed by atoms with E-state index in [1.807, 2.05) is 73.7 Å². The number of aliphatic carboxylic acids is 2. The first-order valence-corrected chi connectivity index (χ1v) is 33.6. The molecule has 8 atom stereocenters. The van der Waals surface area contributed by atoms with Gasteiger partial charge in [-0.3, -0.25) is 19.4 Å². The van der Waals surface area contributed by atoms with Crippen LogP contribution in [-0.2, 0) is 35.5 Å². The molecule has 6 unspecified atom stereocenters. The number of fused-ring (bicyclic) bond motifs is 4. The lowest BCUT2D eigenvalue weighted by molar-refractivity contribution is -0.143. The van der Waals surface area contributed by atoms with E-state index in [0.29, 0.717) is 41.2 Å². The van der Waals surface area contributed by atoms with Crippen molar-refractivity contribution in [3.8, 4) is 51.6 Å². The van der Waals surface area contributed by atoms with Crippen LogP contribution in [-0.4, -0.2) is 81.3 Å². The number of nitriles is 1. The summed E-state index contributed by atoms with van der Waals surface area (Å²) in [5.41, 5.74) is 14.0. The van der Waals surface area contributed by atoms with Crippen molar-refractivity contribution in [1.82, 2.24) is 19.8 Å². The number of methoxy groups -OCH3 is 2. The predicted octanol–water partition coefficient (Wildman–Crippen LogP) is 17.4. The Morgan fingerprint density at radius 1 is 0.618 bits per heavy atom. The zero-order chi connectivity index (χ0) is 63.9. The van der Waals surface area contributed by atoms with Crippen molar-refractivity contribution >= 4 is 11.9 Å². The number of carboxylic acid groups (broad SMARTS) is 2. The van der Waals surface area contributed by atoms with Gasteiger partial charge in [0.25, 0.3) is 0 Å². The van der Waals surface area contributed by atoms with Gasteiger partial charge in [0.1, 0.15) is 29.8 Å². The molecule has 6 heterocycles. The van der Waals surface area contributed by atoms with Gasteiger partial charge in [0.2, 0.25) is 11.8 Å². The monoisotopic (exact) mass is 1210 g/mol. The lowest BCUT2D eigenvalue weighted by Gasteiger charge is -2.35. The molecule has 4 fully saturated rings. The van der Waals surface area contributed by atoms with Crippen molar-refractivity contribution in [3.63, 3.8) is 0 Å². The molecule has 13 nitrogen and oxygen atoms in total. The van der Waals surface area contributed by atoms with Crippen molar-refractivity contribution in [3.05, 3.63) is 153 Å². The molecule has 0 amide bonds. The summed E-state index contributed by atoms with van der Waals surface area (Å²) in [6, 6.07) is 35.7. The number of carbonyl (C=O) groups is 2. The summed E-state index contributed by atoms with van der Waals surface area (Å²) in [4.78, 5) is 37.5. The normalized spacial score (nSPS) is 20.1. The van der Waals surface area contributed by atoms with Gasteiger partial charge in [-0.1, -0.05) is 136 Å². The number of pyridine rings is 2. The largest absolute Gasteiger partial charge is 0.485 e. The average molecular weight is 1210 g/mol. The summed E-state index contributed by atoms with van der Waals surface area (Å²) in [5.74, 6) is 1.53. The van der Waals surface area contributed by atoms with Crippen LogP contribution in [0.3, 0.4) is 0 Å². The number of aryl methyl sites for hydroxylation is 2. The number of hydrogen-bond acceptors (Lipinski definition) is 11. The third-order valence-electron chi connectivity index (χ3n) is 19.2. The molecule has 2 aliphatic carbocycles. The van der Waals surface area contributed by atoms with Crippen LogP contribution < -0.4 is 18.9 Å². The van der Waals surface area contributed by atoms with Crippen LogP contribution >= 0.6 is 0 Å². The van der Waals surface area contributed by atoms with E-state index in [1.165, 1.54) is 59.9 Å². The Balaban J connectivity index is 0.000000213. The number of piperidine rings is 1. The minimum absolute atomic E-state index is 0.00779. The Morgan fingerprint density at radius 3 is 1.61 bits per heavy atom. The Hall–Kier alpha value is -7.27. The Bertz CT molecular complexity index is 3350. The van der Waals surface area contributed by atoms with Crippen LogP contribution in [0.15, 0.2) is 103 Å². The zero-order valence-electron chi connectivity index (χ0n) is 55.2. The van der Waals surface area contributed by atoms with Crippen molar-refractivity contribution in [2.45, 2.75) is 202 Å². The molecule has 6 aliphatic rings. The highest BCUT2D eigenvalue weighted by Crippen LogP contribution is 2.51. The van der Waals surface area contributed by atoms with Gasteiger partial charge in [0, 0.05) is 55.3 Å². The topological polar surface area (TPSA) is 168 Å². The molecule has 13 heteroatoms. The number of benzene rings is 4. The van der Waals surface area contributed by atoms with E-state index in [9.17, 15) is 25.1 Å². The number of hydrogen-bond donors (Lipinski definition) is 2. The second-order valence-corrected chi connectivity index (χ2v) is 24.3. The van der Waals surface area contributed by atoms with E-state index >= 15 is 0 Å². The minimum Gasteiger partial charge on any atom is -0.485 e. The fourth-order valence-corrected chi connectivity index (χ4v) is 14.2. The van der Waals surface area contributed by atoms with E-state index < -0.39 is 23.8 Å². The predicted molar refractivity (Wildman–Crippen MR) is 355 cm³/mol. The van der Waals surface area contributed by atoms with Crippen LogP contribution in [0, 0.1) is 35.0 Å². The molecule has 4 aromatic carbocycles. The standard InChI is InChI=1S/C36H42N2O4.C34H39N3O4.3C2H6/c1-22(36(39)40)35(24-7-8-24)27-9-6-23-11-15-32(42-33(23)19-27)26-10-14-31(25-16-17-37-34(20-25)41-2)28(18-26)21-38-29-4-3-5-30(38)13-12-29;1-5-37(6-2)20-26-15-24(11-13-28(26)29-17-32(40-4)36-19-27(29)18-35)30-14-12-22-7-10-25(16-31(22)41-30)33(23-8-9-23)21(3)34(38)39;3*1-2/h6,9-10,14,16-20,22,24,29-30,32,35H,3-5,7-8,11-13,15,21H2,1-2H3,(H,39,40);7,10-11,13,15-17,19,21,23,30,33H,5-6,8-9,12,14,20H2,1-4H3,(H,38,39);3*1-2H3/t22?,29?,30?,32-,35?;21?,30-,33?;;;/m00.../s1. The molecular formula is C76H99N5O8. The SMILES string of the molecule is CC.CC.CC.CCN(CC)Cc1cc([C@@H]2CCc3ccc(C(C4CC4)C(C)C(=O)O)cc3O2)ccc1-c1cc(OC)ncc1C#N.COc1cc(-c2ccc([C@@H]3CCc4ccc(C(C5CC5)C(C)C(=O)O)cc4O3)cc2CN2C3CCCC2CC3)ccn1. The second-order valence-electron chi connectivity index (χ2n) is 24.3. The zero-order valence-corrected chi connectivity index (χ0v) is 55.2. The van der Waals surface area contributed by atoms with Crippen molar-refractivity contribution < 1.29 is 38.7 Å². The summed E-state index contributed by atoms with van der Waals surface area (Å²) in [6.45, 7) is 23.5. The van der Waals surface area contributed by atoms with Crippen LogP contribution in [0.2, 0.25) is 0 Å². The van der Waals surface area contributed by atoms with Gasteiger partial charge in [-0.2, -0.15) is 5.26 Å². The highest BCUT2D eigenvalue weighted by Gasteiger charge is 2.41. The van der Waals surface area contributed by atoms with E-state index in [-0.39, 0.29) is 24.0 Å². The molecule has 0 spiro atoms. The molecule has 2 saturated carbocycles. The number of nitrogens with zero attached hydrogens (tertiary/aromatic N) is 5. The summed E-state index contributed by atoms with van der Waals surface area (Å²) < 4.78 is 24.2. The molecule has 2 saturated heterocycles. The van der Waals surface area contributed by atoms with Crippen LogP contribution in [0.5, 0.6) is 23.3 Å². The third-order valence-corrected chi connectivity index (χ3v) is 19.2. The van der Waals surface area contributed by atoms with Crippen LogP contribution in [0.25, 0.3) is 22.3 Å². The number of carboxylic acids is 2. The summed E-state index contributed by atoms with van der Waals surface area (Å²) in [5, 5.41) is 29.4. The molecule has 2 N–H and O–H groups in total. The van der Waals surface area contributed by atoms with Crippen LogP contribution in [0.4, 0.5) is 0 Å². The summed E-state index contributed by atoms with van der Waals surface area (Å²) in [7, 11) is 3.25. The molecule has 0 radical (unpaired) electrons. The lowest BCUT2D eigenvalue weighted by Crippen LogP contribution is -2.39. The maximum Gasteiger partial charge on any atom is 0.306 e. The maximum absolute atomic E-state index is 11.9. The van der Waals surface area contributed by atoms with Crippen molar-refractivity contribution in [1.29, 1.82) is 5.26 Å². The third kappa shape index (κ3) is 16.0. The van der Waals surface area contributed by atoms with Gasteiger partial charge in [-0.25, -0.2) is 9.97 Å². The highest BCUT2D eigenvalue weighted by molar-refractivity contribution is 5.75. The summed E-state index contributed by atoms with van der Waals surface area (Å²) >= 11 is 0. The van der Waals surface area contributed by atoms with Gasteiger partial charge in [0.05, 0.1) is 31.6 Å². The quantitative estimate of drug-likeness (QED) is 0.0742. The van der Waals surface area contributed by atoms with Gasteiger partial charge in [0.15, 0.2) is 0 Å². The minimum atomic E-state index is -0.745. The first-order chi connectivity index (χ1) is 43.3. The van der Waals surface area contributed by atoms with E-state index in [4.69, 9.17) is 18.9 Å². The number of aromatic nitrogens is 2. The Morgan fingerprint density at radius 2 is 1.12 bits per heavy atom.